The third kappa shape index (κ3) is 3.18. The first kappa shape index (κ1) is 12.8. The third-order valence-electron chi connectivity index (χ3n) is 2.51. The van der Waals surface area contributed by atoms with Gasteiger partial charge in [0, 0.05) is 19.8 Å². The lowest BCUT2D eigenvalue weighted by molar-refractivity contribution is 0.578. The van der Waals surface area contributed by atoms with Gasteiger partial charge in [0.15, 0.2) is 5.03 Å². The molecule has 0 radical (unpaired) electrons. The molecule has 2 aromatic rings. The fourth-order valence-corrected chi connectivity index (χ4v) is 2.59. The summed E-state index contributed by atoms with van der Waals surface area (Å²) in [7, 11) is -1.76. The molecule has 0 amide bonds. The number of nitrogens with one attached hydrogen (secondary N) is 1. The second kappa shape index (κ2) is 5.32. The Kier molecular flexibility index (Phi) is 3.78. The summed E-state index contributed by atoms with van der Waals surface area (Å²) in [5.74, 6) is 0. The number of aryl methyl sites for hydroxylation is 1. The van der Waals surface area contributed by atoms with Crippen molar-refractivity contribution in [2.75, 3.05) is 6.54 Å². The van der Waals surface area contributed by atoms with Crippen molar-refractivity contribution in [1.29, 1.82) is 0 Å². The quantitative estimate of drug-likeness (QED) is 0.875. The molecule has 5 nitrogen and oxygen atoms in total. The monoisotopic (exact) mass is 265 g/mol. The minimum atomic E-state index is -3.49. The molecule has 0 saturated heterocycles. The number of hydrogen-bond donors (Lipinski definition) is 1. The number of nitrogens with zero attached hydrogens (tertiary/aromatic N) is 2. The predicted octanol–water partition coefficient (Wildman–Crippen LogP) is 0.941. The summed E-state index contributed by atoms with van der Waals surface area (Å²) in [4.78, 5) is 3.83. The summed E-state index contributed by atoms with van der Waals surface area (Å²) >= 11 is 0. The Hall–Kier alpha value is -1.66. The molecular weight excluding hydrogens is 250 g/mol. The van der Waals surface area contributed by atoms with Crippen LogP contribution in [-0.2, 0) is 23.5 Å². The summed E-state index contributed by atoms with van der Waals surface area (Å²) in [6.45, 7) is 0.364. The van der Waals surface area contributed by atoms with Crippen LogP contribution < -0.4 is 4.72 Å². The summed E-state index contributed by atoms with van der Waals surface area (Å²) < 4.78 is 27.8. The molecule has 1 heterocycles. The van der Waals surface area contributed by atoms with E-state index in [9.17, 15) is 8.42 Å². The zero-order valence-electron chi connectivity index (χ0n) is 10.1. The molecule has 0 spiro atoms. The molecule has 0 aliphatic heterocycles. The molecule has 0 saturated carbocycles. The number of aromatic nitrogens is 2. The van der Waals surface area contributed by atoms with Crippen molar-refractivity contribution in [2.24, 2.45) is 7.05 Å². The zero-order valence-corrected chi connectivity index (χ0v) is 10.9. The normalized spacial score (nSPS) is 11.6. The van der Waals surface area contributed by atoms with Gasteiger partial charge in [-0.15, -0.1) is 0 Å². The van der Waals surface area contributed by atoms with Crippen LogP contribution in [0, 0.1) is 0 Å². The standard InChI is InChI=1S/C12H15N3O2S/c1-15-9-12(13-10-15)18(16,17)14-8-7-11-5-3-2-4-6-11/h2-6,9-10,14H,7-8H2,1H3. The summed E-state index contributed by atoms with van der Waals surface area (Å²) in [5.41, 5.74) is 1.10. The van der Waals surface area contributed by atoms with Crippen molar-refractivity contribution in [2.45, 2.75) is 11.4 Å². The maximum Gasteiger partial charge on any atom is 0.259 e. The number of rotatable bonds is 5. The van der Waals surface area contributed by atoms with Gasteiger partial charge in [0.2, 0.25) is 0 Å². The zero-order chi connectivity index (χ0) is 13.0. The second-order valence-corrected chi connectivity index (χ2v) is 5.72. The smallest absolute Gasteiger partial charge is 0.259 e. The van der Waals surface area contributed by atoms with Crippen molar-refractivity contribution in [3.05, 3.63) is 48.4 Å². The Morgan fingerprint density at radius 2 is 2.00 bits per heavy atom. The Balaban J connectivity index is 1.94. The minimum absolute atomic E-state index is 0.0538. The lowest BCUT2D eigenvalue weighted by Gasteiger charge is -2.04. The van der Waals surface area contributed by atoms with Crippen LogP contribution in [-0.4, -0.2) is 24.5 Å². The van der Waals surface area contributed by atoms with Gasteiger partial charge in [0.05, 0.1) is 6.33 Å². The van der Waals surface area contributed by atoms with Crippen LogP contribution in [0.15, 0.2) is 47.9 Å². The molecule has 0 unspecified atom stereocenters. The topological polar surface area (TPSA) is 64.0 Å². The van der Waals surface area contributed by atoms with Crippen molar-refractivity contribution in [3.8, 4) is 0 Å². The molecule has 1 aromatic carbocycles. The van der Waals surface area contributed by atoms with Crippen LogP contribution in [0.3, 0.4) is 0 Å². The molecule has 1 N–H and O–H groups in total. The van der Waals surface area contributed by atoms with E-state index in [-0.39, 0.29) is 5.03 Å². The summed E-state index contributed by atoms with van der Waals surface area (Å²) in [6, 6.07) is 9.73. The van der Waals surface area contributed by atoms with Gasteiger partial charge in [-0.2, -0.15) is 0 Å². The van der Waals surface area contributed by atoms with Gasteiger partial charge in [0.1, 0.15) is 0 Å². The Bertz CT molecular complexity index is 605. The minimum Gasteiger partial charge on any atom is -0.339 e. The van der Waals surface area contributed by atoms with Crippen molar-refractivity contribution in [3.63, 3.8) is 0 Å². The number of hydrogen-bond acceptors (Lipinski definition) is 3. The number of benzene rings is 1. The van der Waals surface area contributed by atoms with E-state index in [1.54, 1.807) is 11.6 Å². The van der Waals surface area contributed by atoms with E-state index in [0.717, 1.165) is 5.56 Å². The van der Waals surface area contributed by atoms with E-state index in [4.69, 9.17) is 0 Å². The first-order chi connectivity index (χ1) is 8.58. The van der Waals surface area contributed by atoms with Gasteiger partial charge in [-0.25, -0.2) is 18.1 Å². The third-order valence-corrected chi connectivity index (χ3v) is 3.85. The number of imidazole rings is 1. The van der Waals surface area contributed by atoms with E-state index in [1.807, 2.05) is 30.3 Å². The SMILES string of the molecule is Cn1cnc(S(=O)(=O)NCCc2ccccc2)c1. The largest absolute Gasteiger partial charge is 0.339 e. The molecule has 0 bridgehead atoms. The van der Waals surface area contributed by atoms with Gasteiger partial charge < -0.3 is 4.57 Å². The fourth-order valence-electron chi connectivity index (χ4n) is 1.58. The number of sulfonamides is 1. The molecule has 0 atom stereocenters. The van der Waals surface area contributed by atoms with Crippen molar-refractivity contribution in [1.82, 2.24) is 14.3 Å². The molecule has 0 aliphatic carbocycles. The predicted molar refractivity (Wildman–Crippen MR) is 68.5 cm³/mol. The van der Waals surface area contributed by atoms with E-state index in [1.165, 1.54) is 12.5 Å². The summed E-state index contributed by atoms with van der Waals surface area (Å²) in [6.07, 6.45) is 3.60. The first-order valence-corrected chi connectivity index (χ1v) is 7.08. The van der Waals surface area contributed by atoms with Gasteiger partial charge in [0.25, 0.3) is 10.0 Å². The van der Waals surface area contributed by atoms with Crippen LogP contribution >= 0.6 is 0 Å². The van der Waals surface area contributed by atoms with Gasteiger partial charge in [-0.05, 0) is 12.0 Å². The van der Waals surface area contributed by atoms with Crippen LogP contribution in [0.1, 0.15) is 5.56 Å². The highest BCUT2D eigenvalue weighted by Crippen LogP contribution is 2.04. The average Bonchev–Trinajstić information content (AvgIpc) is 2.78. The van der Waals surface area contributed by atoms with Crippen LogP contribution in [0.25, 0.3) is 0 Å². The average molecular weight is 265 g/mol. The molecule has 0 aliphatic rings. The van der Waals surface area contributed by atoms with Crippen LogP contribution in [0.2, 0.25) is 0 Å². The molecule has 0 fully saturated rings. The molecule has 18 heavy (non-hydrogen) atoms. The lowest BCUT2D eigenvalue weighted by Crippen LogP contribution is -2.26. The fraction of sp³-hybridized carbons (Fsp3) is 0.250. The van der Waals surface area contributed by atoms with E-state index in [2.05, 4.69) is 9.71 Å². The molecule has 96 valence electrons. The summed E-state index contributed by atoms with van der Waals surface area (Å²) in [5, 5.41) is 0.0538. The van der Waals surface area contributed by atoms with Crippen molar-refractivity contribution < 1.29 is 8.42 Å². The van der Waals surface area contributed by atoms with E-state index >= 15 is 0 Å². The van der Waals surface area contributed by atoms with Gasteiger partial charge in [-0.1, -0.05) is 30.3 Å². The molecule has 2 rings (SSSR count). The highest BCUT2D eigenvalue weighted by atomic mass is 32.2. The lowest BCUT2D eigenvalue weighted by atomic mass is 10.2. The second-order valence-electron chi connectivity index (χ2n) is 4.01. The molecule has 1 aromatic heterocycles. The maximum absolute atomic E-state index is 11.8. The Labute approximate surface area is 107 Å². The van der Waals surface area contributed by atoms with Crippen LogP contribution in [0.4, 0.5) is 0 Å². The van der Waals surface area contributed by atoms with Gasteiger partial charge in [-0.3, -0.25) is 0 Å². The van der Waals surface area contributed by atoms with E-state index < -0.39 is 10.0 Å². The Morgan fingerprint density at radius 3 is 2.61 bits per heavy atom. The Morgan fingerprint density at radius 1 is 1.28 bits per heavy atom. The van der Waals surface area contributed by atoms with E-state index in [0.29, 0.717) is 13.0 Å². The van der Waals surface area contributed by atoms with Crippen molar-refractivity contribution >= 4 is 10.0 Å². The highest BCUT2D eigenvalue weighted by molar-refractivity contribution is 7.89. The maximum atomic E-state index is 11.8. The van der Waals surface area contributed by atoms with Gasteiger partial charge >= 0.3 is 0 Å². The van der Waals surface area contributed by atoms with Crippen LogP contribution in [0.5, 0.6) is 0 Å². The highest BCUT2D eigenvalue weighted by Gasteiger charge is 2.15. The molecule has 6 heteroatoms. The molecular formula is C12H15N3O2S. The first-order valence-electron chi connectivity index (χ1n) is 5.59.